The summed E-state index contributed by atoms with van der Waals surface area (Å²) in [5.41, 5.74) is 2.41. The Morgan fingerprint density at radius 2 is 0.959 bits per heavy atom. The van der Waals surface area contributed by atoms with Crippen LogP contribution >= 0.6 is 15.9 Å². The molecule has 20 nitrogen and oxygen atoms in total. The molecule has 0 bridgehead atoms. The molecule has 2 amide bonds. The van der Waals surface area contributed by atoms with Gasteiger partial charge in [0.25, 0.3) is 0 Å². The van der Waals surface area contributed by atoms with Crippen LogP contribution in [0.25, 0.3) is 6.08 Å². The van der Waals surface area contributed by atoms with E-state index in [2.05, 4.69) is 73.4 Å². The van der Waals surface area contributed by atoms with Crippen molar-refractivity contribution in [2.24, 2.45) is 34.5 Å². The van der Waals surface area contributed by atoms with E-state index in [1.165, 1.54) is 32.9 Å². The van der Waals surface area contributed by atoms with Crippen LogP contribution in [0.15, 0.2) is 92.1 Å². The lowest BCUT2D eigenvalue weighted by molar-refractivity contribution is -0.152. The quantitative estimate of drug-likeness (QED) is 0.0974. The molecule has 0 aromatic heterocycles. The molecule has 7 heterocycles. The van der Waals surface area contributed by atoms with E-state index in [4.69, 9.17) is 18.9 Å². The molecule has 2 aromatic rings. The first-order chi connectivity index (χ1) is 46.0. The highest BCUT2D eigenvalue weighted by molar-refractivity contribution is 9.10. The van der Waals surface area contributed by atoms with Gasteiger partial charge < -0.3 is 48.8 Å². The fourth-order valence-electron chi connectivity index (χ4n) is 13.8. The number of cyclic esters (lactones) is 2. The van der Waals surface area contributed by atoms with Gasteiger partial charge in [-0.1, -0.05) is 102 Å². The fraction of sp³-hybridized carbons (Fsp3) is 0.667. The molecule has 98 heavy (non-hydrogen) atoms. The molecule has 7 aliphatic heterocycles. The molecule has 2 aromatic carbocycles. The first-order valence-electron chi connectivity index (χ1n) is 35.0. The van der Waals surface area contributed by atoms with Crippen LogP contribution in [0.1, 0.15) is 139 Å². The van der Waals surface area contributed by atoms with Crippen molar-refractivity contribution in [2.45, 2.75) is 193 Å². The molecule has 546 valence electrons. The van der Waals surface area contributed by atoms with Gasteiger partial charge in [-0.15, -0.1) is 5.98 Å². The van der Waals surface area contributed by atoms with Crippen LogP contribution < -0.4 is 0 Å². The van der Waals surface area contributed by atoms with Crippen LogP contribution in [0.2, 0.25) is 12.6 Å². The van der Waals surface area contributed by atoms with Gasteiger partial charge in [0.1, 0.15) is 36.1 Å². The van der Waals surface area contributed by atoms with Gasteiger partial charge in [0, 0.05) is 94.8 Å². The zero-order valence-corrected chi connectivity index (χ0v) is 62.9. The summed E-state index contributed by atoms with van der Waals surface area (Å²) < 4.78 is 105. The number of piperazine rings is 2. The first-order valence-corrected chi connectivity index (χ1v) is 38.7. The van der Waals surface area contributed by atoms with Crippen molar-refractivity contribution in [3.05, 3.63) is 99.5 Å². The molecule has 0 spiro atoms. The molecule has 10 atom stereocenters. The standard InChI is InChI=1S/C32H46FN3O7S.C30H51BN2O5.C10H11BrFNO2S/c1-22-7-9-27(37)21-30(38)43-31(23(2)8-10-29(22)42-32(39)35-15-13-34(4)14-16-35)24(3)17-25-18-26(33)20-28(19-25)44(40,41)36-11-5-6-12-36;1-21-9-11-24(34)17-26(35)38-27(23(3)18-31-19-29(4,5)30(6,7)20-31)22(2)10-12-25(21)37-28(36)33-15-13-32(8)14-16-33;11-8-5-9(12)7-10(6-8)16(14,15)13-3-1-2-4-13/h8,10,17-20,22-23,27,29,31,37H,5-7,9,11-16,21H2,1-4H3;10,12,18,21-22,24-25,27,34H,9,11,13-17,19-20H2,1-8H3;5-7H,1-4H2/b10-8+,24-17+;12-10+,23-18+;/t22-,23-,27+,29-,31-;21-,22-,24+,25-,27-;/m00./s1. The number of carbonyl (C=O) groups is 4. The zero-order chi connectivity index (χ0) is 72.0. The molecular formula is C72H108BBrF2N6O14S2. The van der Waals surface area contributed by atoms with Crippen LogP contribution in [0.5, 0.6) is 0 Å². The van der Waals surface area contributed by atoms with Crippen molar-refractivity contribution in [1.82, 2.24) is 28.2 Å². The van der Waals surface area contributed by atoms with Crippen molar-refractivity contribution < 1.29 is 74.0 Å². The number of benzene rings is 2. The third-order valence-corrected chi connectivity index (χ3v) is 25.0. The van der Waals surface area contributed by atoms with E-state index in [1.54, 1.807) is 22.8 Å². The van der Waals surface area contributed by atoms with Gasteiger partial charge >= 0.3 is 24.1 Å². The Bertz CT molecular complexity index is 3370. The molecule has 0 aliphatic carbocycles. The van der Waals surface area contributed by atoms with Gasteiger partial charge in [-0.2, -0.15) is 8.61 Å². The van der Waals surface area contributed by atoms with E-state index in [0.717, 1.165) is 82.2 Å². The Hall–Kier alpha value is -5.06. The summed E-state index contributed by atoms with van der Waals surface area (Å²) in [4.78, 5) is 59.3. The van der Waals surface area contributed by atoms with Gasteiger partial charge in [0.2, 0.25) is 20.0 Å². The van der Waals surface area contributed by atoms with E-state index in [1.807, 2.05) is 59.0 Å². The maximum absolute atomic E-state index is 14.7. The van der Waals surface area contributed by atoms with E-state index >= 15 is 0 Å². The summed E-state index contributed by atoms with van der Waals surface area (Å²) in [5.74, 6) is -0.462. The van der Waals surface area contributed by atoms with E-state index in [0.29, 0.717) is 100 Å². The number of rotatable bonds is 10. The number of halogens is 3. The minimum atomic E-state index is -3.84. The van der Waals surface area contributed by atoms with Crippen LogP contribution in [0.4, 0.5) is 18.4 Å². The summed E-state index contributed by atoms with van der Waals surface area (Å²) in [6.07, 6.45) is 11.9. The van der Waals surface area contributed by atoms with Crippen LogP contribution in [0.3, 0.4) is 0 Å². The Morgan fingerprint density at radius 3 is 1.37 bits per heavy atom. The number of aliphatic hydroxyl groups excluding tert-OH is 2. The van der Waals surface area contributed by atoms with Crippen molar-refractivity contribution in [3.8, 4) is 0 Å². The normalized spacial score (nSPS) is 29.4. The monoisotopic (exact) mass is 1470 g/mol. The van der Waals surface area contributed by atoms with Crippen molar-refractivity contribution >= 4 is 72.9 Å². The Kier molecular flexibility index (Phi) is 29.2. The molecular weight excluding hydrogens is 1370 g/mol. The second-order valence-corrected chi connectivity index (χ2v) is 34.5. The molecule has 0 radical (unpaired) electrons. The SMILES string of the molecule is C/C(=C\B1CC(C)(C)C(C)(C)C1)[C@H]1OC(=O)C[C@H](O)CC[C@H](C)[C@@H](OC(=O)N2CCN(C)CC2)/C=C/[C@@H]1C.C/C(=C\c1cc(F)cc(S(=O)(=O)N2CCCC2)c1)[C@H]1OC(=O)C[C@H](O)CC[C@H](C)[C@@H](OC(=O)N2CCN(C)CC2)/C=C/[C@@H]1C.O=S(=O)(c1cc(F)cc(Br)c1)N1CCCC1. The number of nitrogens with zero attached hydrogens (tertiary/aromatic N) is 6. The zero-order valence-electron chi connectivity index (χ0n) is 59.7. The Morgan fingerprint density at radius 1 is 0.571 bits per heavy atom. The Labute approximate surface area is 590 Å². The second-order valence-electron chi connectivity index (χ2n) is 29.7. The van der Waals surface area contributed by atoms with Crippen molar-refractivity contribution in [3.63, 3.8) is 0 Å². The number of sulfonamides is 2. The highest BCUT2D eigenvalue weighted by Crippen LogP contribution is 2.53. The summed E-state index contributed by atoms with van der Waals surface area (Å²) in [6, 6.07) is 7.41. The minimum Gasteiger partial charge on any atom is -0.457 e. The Balaban J connectivity index is 0.000000227. The fourth-order valence-corrected chi connectivity index (χ4v) is 17.5. The van der Waals surface area contributed by atoms with Gasteiger partial charge in [0.05, 0.1) is 34.8 Å². The molecule has 7 aliphatic rings. The molecule has 5 fully saturated rings. The minimum absolute atomic E-state index is 0.0120. The number of amides is 2. The average Bonchev–Trinajstić information content (AvgIpc) is 1.34. The second kappa shape index (κ2) is 35.7. The van der Waals surface area contributed by atoms with Gasteiger partial charge in [-0.05, 0) is 167 Å². The molecule has 0 unspecified atom stereocenters. The molecule has 26 heteroatoms. The average molecular weight is 1470 g/mol. The smallest absolute Gasteiger partial charge is 0.410 e. The van der Waals surface area contributed by atoms with Crippen molar-refractivity contribution in [1.29, 1.82) is 0 Å². The summed E-state index contributed by atoms with van der Waals surface area (Å²) in [6.45, 7) is 29.0. The van der Waals surface area contributed by atoms with Gasteiger partial charge in [-0.25, -0.2) is 35.2 Å². The summed E-state index contributed by atoms with van der Waals surface area (Å²) in [7, 11) is -3.29. The number of hydrogen-bond donors (Lipinski definition) is 2. The summed E-state index contributed by atoms with van der Waals surface area (Å²) >= 11 is 3.09. The largest absolute Gasteiger partial charge is 0.457 e. The molecule has 0 saturated carbocycles. The molecule has 9 rings (SSSR count). The van der Waals surface area contributed by atoms with Crippen LogP contribution in [-0.4, -0.2) is 215 Å². The van der Waals surface area contributed by atoms with Gasteiger partial charge in [-0.3, -0.25) is 9.59 Å². The third-order valence-electron chi connectivity index (χ3n) is 20.8. The van der Waals surface area contributed by atoms with Crippen LogP contribution in [-0.2, 0) is 48.6 Å². The number of esters is 2. The highest BCUT2D eigenvalue weighted by atomic mass is 79.9. The lowest BCUT2D eigenvalue weighted by Gasteiger charge is -2.35. The lowest BCUT2D eigenvalue weighted by Crippen LogP contribution is -2.48. The van der Waals surface area contributed by atoms with E-state index in [9.17, 15) is 55.0 Å². The van der Waals surface area contributed by atoms with E-state index in [-0.39, 0.29) is 75.3 Å². The number of hydrogen-bond acceptors (Lipinski definition) is 16. The topological polar surface area (TPSA) is 233 Å². The van der Waals surface area contributed by atoms with E-state index < -0.39 is 74.3 Å². The summed E-state index contributed by atoms with van der Waals surface area (Å²) in [5, 5.41) is 21.1. The predicted molar refractivity (Wildman–Crippen MR) is 380 cm³/mol. The lowest BCUT2D eigenvalue weighted by atomic mass is 9.46. The third kappa shape index (κ3) is 22.7. The van der Waals surface area contributed by atoms with Gasteiger partial charge in [0.15, 0.2) is 6.71 Å². The maximum atomic E-state index is 14.7. The number of likely N-dealkylation sites (N-methyl/N-ethyl adjacent to an activating group) is 2. The highest BCUT2D eigenvalue weighted by Gasteiger charge is 2.47. The van der Waals surface area contributed by atoms with Crippen LogP contribution in [0, 0.1) is 46.1 Å². The number of aliphatic hydroxyl groups is 2. The molecule has 2 N–H and O–H groups in total. The number of ether oxygens (including phenoxy) is 4. The van der Waals surface area contributed by atoms with Crippen molar-refractivity contribution in [2.75, 3.05) is 92.6 Å². The first kappa shape index (κ1) is 80.3. The predicted octanol–water partition coefficient (Wildman–Crippen LogP) is 11.5. The molecule has 5 saturated heterocycles. The number of carbonyl (C=O) groups excluding carboxylic acids is 4. The maximum Gasteiger partial charge on any atom is 0.410 e.